The van der Waals surface area contributed by atoms with Crippen molar-refractivity contribution < 1.29 is 0 Å². The van der Waals surface area contributed by atoms with Crippen LogP contribution >= 0.6 is 0 Å². The van der Waals surface area contributed by atoms with Gasteiger partial charge in [0, 0.05) is 13.1 Å². The summed E-state index contributed by atoms with van der Waals surface area (Å²) in [7, 11) is 0. The maximum Gasteiger partial charge on any atom is 0.250 e. The highest BCUT2D eigenvalue weighted by atomic mass is 16.2. The zero-order chi connectivity index (χ0) is 16.9. The lowest BCUT2D eigenvalue weighted by Crippen LogP contribution is -2.42. The van der Waals surface area contributed by atoms with Gasteiger partial charge in [0.2, 0.25) is 10.9 Å². The molecular weight excluding hydrogens is 298 g/mol. The number of hydrogen-bond donors (Lipinski definition) is 0. The molecule has 0 bridgehead atoms. The van der Waals surface area contributed by atoms with Gasteiger partial charge in [-0.25, -0.2) is 0 Å². The first kappa shape index (κ1) is 15.9. The van der Waals surface area contributed by atoms with Crippen LogP contribution in [0.2, 0.25) is 0 Å². The van der Waals surface area contributed by atoms with Gasteiger partial charge in [0.1, 0.15) is 5.69 Å². The predicted molar refractivity (Wildman–Crippen MR) is 99.1 cm³/mol. The van der Waals surface area contributed by atoms with Gasteiger partial charge < -0.3 is 4.90 Å². The molecule has 0 aliphatic heterocycles. The minimum Gasteiger partial charge on any atom is -0.363 e. The highest BCUT2D eigenvalue weighted by molar-refractivity contribution is 5.82. The molecule has 0 aliphatic carbocycles. The Morgan fingerprint density at radius 3 is 2.12 bits per heavy atom. The highest BCUT2D eigenvalue weighted by Gasteiger charge is 2.26. The Balaban J connectivity index is 1.99. The molecule has 120 valence electrons. The van der Waals surface area contributed by atoms with Gasteiger partial charge in [-0.1, -0.05) is 66.7 Å². The third kappa shape index (κ3) is 3.06. The smallest absolute Gasteiger partial charge is 0.250 e. The van der Waals surface area contributed by atoms with Crippen LogP contribution in [0.15, 0.2) is 82.9 Å². The first-order chi connectivity index (χ1) is 11.7. The summed E-state index contributed by atoms with van der Waals surface area (Å²) in [5, 5.41) is 0. The fraction of sp³-hybridized carbons (Fsp3) is 0.143. The van der Waals surface area contributed by atoms with Crippen molar-refractivity contribution in [2.75, 3.05) is 11.4 Å². The lowest BCUT2D eigenvalue weighted by Gasteiger charge is -2.27. The second-order valence-electron chi connectivity index (χ2n) is 5.73. The van der Waals surface area contributed by atoms with Crippen LogP contribution in [0.5, 0.6) is 0 Å². The third-order valence-electron chi connectivity index (χ3n) is 4.08. The van der Waals surface area contributed by atoms with Gasteiger partial charge in [-0.05, 0) is 17.5 Å². The molecule has 0 atom stereocenters. The topological polar surface area (TPSA) is 37.4 Å². The SMILES string of the molecule is C=CCCN(Cc1ccccc1)c1c(-c2ccccc2)c(=O)c1=O. The van der Waals surface area contributed by atoms with Crippen LogP contribution in [0, 0.1) is 0 Å². The van der Waals surface area contributed by atoms with Crippen molar-refractivity contribution in [3.63, 3.8) is 0 Å². The van der Waals surface area contributed by atoms with Crippen molar-refractivity contribution in [3.05, 3.63) is 99.3 Å². The van der Waals surface area contributed by atoms with Crippen molar-refractivity contribution in [1.82, 2.24) is 0 Å². The Morgan fingerprint density at radius 2 is 1.50 bits per heavy atom. The third-order valence-corrected chi connectivity index (χ3v) is 4.08. The van der Waals surface area contributed by atoms with E-state index in [2.05, 4.69) is 6.58 Å². The maximum absolute atomic E-state index is 12.3. The summed E-state index contributed by atoms with van der Waals surface area (Å²) >= 11 is 0. The van der Waals surface area contributed by atoms with E-state index in [4.69, 9.17) is 0 Å². The van der Waals surface area contributed by atoms with Crippen LogP contribution < -0.4 is 15.8 Å². The van der Waals surface area contributed by atoms with E-state index < -0.39 is 10.9 Å². The standard InChI is InChI=1S/C21H19NO2/c1-2-3-14-22(15-16-10-6-4-7-11-16)19-18(20(23)21(19)24)17-12-8-5-9-13-17/h2,4-13H,1,3,14-15H2. The summed E-state index contributed by atoms with van der Waals surface area (Å²) in [5.74, 6) is 0. The van der Waals surface area contributed by atoms with Crippen molar-refractivity contribution in [2.24, 2.45) is 0 Å². The van der Waals surface area contributed by atoms with Crippen LogP contribution in [0.4, 0.5) is 5.69 Å². The van der Waals surface area contributed by atoms with Crippen LogP contribution in [0.25, 0.3) is 11.1 Å². The van der Waals surface area contributed by atoms with Gasteiger partial charge in [0.15, 0.2) is 0 Å². The van der Waals surface area contributed by atoms with E-state index in [0.29, 0.717) is 24.3 Å². The van der Waals surface area contributed by atoms with Gasteiger partial charge in [-0.3, -0.25) is 9.59 Å². The van der Waals surface area contributed by atoms with E-state index >= 15 is 0 Å². The van der Waals surface area contributed by atoms with E-state index in [9.17, 15) is 9.59 Å². The fourth-order valence-corrected chi connectivity index (χ4v) is 2.87. The lowest BCUT2D eigenvalue weighted by molar-refractivity contribution is 0.787. The normalized spacial score (nSPS) is 10.7. The summed E-state index contributed by atoms with van der Waals surface area (Å²) in [4.78, 5) is 26.4. The van der Waals surface area contributed by atoms with Gasteiger partial charge in [-0.2, -0.15) is 0 Å². The van der Waals surface area contributed by atoms with Crippen molar-refractivity contribution in [2.45, 2.75) is 13.0 Å². The van der Waals surface area contributed by atoms with Crippen molar-refractivity contribution in [1.29, 1.82) is 0 Å². The first-order valence-electron chi connectivity index (χ1n) is 8.01. The van der Waals surface area contributed by atoms with Crippen LogP contribution in [-0.2, 0) is 6.54 Å². The summed E-state index contributed by atoms with van der Waals surface area (Å²) in [5.41, 5.74) is 2.17. The summed E-state index contributed by atoms with van der Waals surface area (Å²) in [6, 6.07) is 19.3. The van der Waals surface area contributed by atoms with Crippen molar-refractivity contribution in [3.8, 4) is 11.1 Å². The Hall–Kier alpha value is -2.94. The molecule has 0 heterocycles. The average molecular weight is 317 g/mol. The molecule has 0 saturated heterocycles. The second kappa shape index (κ2) is 7.09. The van der Waals surface area contributed by atoms with E-state index in [1.807, 2.05) is 71.6 Å². The molecule has 3 rings (SSSR count). The molecule has 0 aromatic heterocycles. The highest BCUT2D eigenvalue weighted by Crippen LogP contribution is 2.27. The van der Waals surface area contributed by atoms with Gasteiger partial charge in [0.25, 0.3) is 0 Å². The zero-order valence-corrected chi connectivity index (χ0v) is 13.4. The van der Waals surface area contributed by atoms with Gasteiger partial charge >= 0.3 is 0 Å². The monoisotopic (exact) mass is 317 g/mol. The van der Waals surface area contributed by atoms with E-state index in [1.165, 1.54) is 0 Å². The molecule has 3 heteroatoms. The van der Waals surface area contributed by atoms with Crippen LogP contribution in [0.1, 0.15) is 12.0 Å². The quantitative estimate of drug-likeness (QED) is 0.494. The Bertz CT molecular complexity index is 891. The van der Waals surface area contributed by atoms with Crippen LogP contribution in [0.3, 0.4) is 0 Å². The molecule has 24 heavy (non-hydrogen) atoms. The molecule has 0 spiro atoms. The molecule has 0 saturated carbocycles. The largest absolute Gasteiger partial charge is 0.363 e. The molecular formula is C21H19NO2. The Morgan fingerprint density at radius 1 is 0.875 bits per heavy atom. The Labute approximate surface area is 141 Å². The van der Waals surface area contributed by atoms with E-state index in [1.54, 1.807) is 0 Å². The van der Waals surface area contributed by atoms with Gasteiger partial charge in [-0.15, -0.1) is 6.58 Å². The Kier molecular flexibility index (Phi) is 4.71. The maximum atomic E-state index is 12.3. The number of benzene rings is 2. The molecule has 0 aliphatic rings. The minimum absolute atomic E-state index is 0.395. The first-order valence-corrected chi connectivity index (χ1v) is 8.01. The number of anilines is 1. The van der Waals surface area contributed by atoms with E-state index in [-0.39, 0.29) is 0 Å². The molecule has 0 N–H and O–H groups in total. The number of rotatable bonds is 7. The van der Waals surface area contributed by atoms with E-state index in [0.717, 1.165) is 17.5 Å². The van der Waals surface area contributed by atoms with Crippen LogP contribution in [-0.4, -0.2) is 6.54 Å². The molecule has 0 unspecified atom stereocenters. The molecule has 3 aromatic carbocycles. The molecule has 0 amide bonds. The summed E-state index contributed by atoms with van der Waals surface area (Å²) in [6.07, 6.45) is 2.57. The lowest BCUT2D eigenvalue weighted by atomic mass is 9.97. The minimum atomic E-state index is -0.395. The molecule has 3 aromatic rings. The molecule has 0 fully saturated rings. The second-order valence-corrected chi connectivity index (χ2v) is 5.73. The molecule has 0 radical (unpaired) electrons. The number of nitrogens with zero attached hydrogens (tertiary/aromatic N) is 1. The summed E-state index contributed by atoms with van der Waals surface area (Å²) < 4.78 is 0. The zero-order valence-electron chi connectivity index (χ0n) is 13.4. The number of hydrogen-bond acceptors (Lipinski definition) is 3. The predicted octanol–water partition coefficient (Wildman–Crippen LogP) is 3.53. The molecule has 3 nitrogen and oxygen atoms in total. The van der Waals surface area contributed by atoms with Gasteiger partial charge in [0.05, 0.1) is 5.56 Å². The van der Waals surface area contributed by atoms with Crippen molar-refractivity contribution >= 4 is 5.69 Å². The fourth-order valence-electron chi connectivity index (χ4n) is 2.87. The average Bonchev–Trinajstić information content (AvgIpc) is 2.64. The summed E-state index contributed by atoms with van der Waals surface area (Å²) in [6.45, 7) is 5.01.